The van der Waals surface area contributed by atoms with E-state index in [4.69, 9.17) is 9.47 Å². The summed E-state index contributed by atoms with van der Waals surface area (Å²) in [5, 5.41) is 4.90. The van der Waals surface area contributed by atoms with Gasteiger partial charge in [0.1, 0.15) is 25.0 Å². The molecule has 0 atom stereocenters. The molecule has 29 heavy (non-hydrogen) atoms. The predicted octanol–water partition coefficient (Wildman–Crippen LogP) is 2.50. The predicted molar refractivity (Wildman–Crippen MR) is 110 cm³/mol. The number of hydrogen-bond donors (Lipinski definition) is 1. The van der Waals surface area contributed by atoms with Crippen LogP contribution in [0.5, 0.6) is 5.75 Å². The Hall–Kier alpha value is -3.41. The van der Waals surface area contributed by atoms with E-state index in [1.807, 2.05) is 50.5 Å². The summed E-state index contributed by atoms with van der Waals surface area (Å²) in [4.78, 5) is 24.3. The molecule has 0 radical (unpaired) electrons. The molecule has 0 saturated carbocycles. The highest BCUT2D eigenvalue weighted by Crippen LogP contribution is 2.26. The molecule has 1 N–H and O–H groups in total. The van der Waals surface area contributed by atoms with Crippen LogP contribution in [0.4, 0.5) is 0 Å². The average Bonchev–Trinajstić information content (AvgIpc) is 2.72. The maximum Gasteiger partial charge on any atom is 0.310 e. The van der Waals surface area contributed by atoms with Crippen LogP contribution in [0.25, 0.3) is 10.8 Å². The molecule has 1 amide bonds. The lowest BCUT2D eigenvalue weighted by molar-refractivity contribution is -0.671. The van der Waals surface area contributed by atoms with Crippen molar-refractivity contribution in [3.8, 4) is 5.75 Å². The highest BCUT2D eigenvalue weighted by molar-refractivity contribution is 5.93. The highest BCUT2D eigenvalue weighted by atomic mass is 16.5. The van der Waals surface area contributed by atoms with Gasteiger partial charge in [0, 0.05) is 6.07 Å². The second-order valence-electron chi connectivity index (χ2n) is 6.85. The number of nitrogens with zero attached hydrogens (tertiary/aromatic N) is 1. The summed E-state index contributed by atoms with van der Waals surface area (Å²) in [5.41, 5.74) is 2.53. The van der Waals surface area contributed by atoms with E-state index < -0.39 is 0 Å². The largest absolute Gasteiger partial charge is 0.497 e. The number of carbonyl (C=O) groups is 2. The van der Waals surface area contributed by atoms with Gasteiger partial charge in [-0.15, -0.1) is 0 Å². The summed E-state index contributed by atoms with van der Waals surface area (Å²) in [7, 11) is 3.49. The van der Waals surface area contributed by atoms with Gasteiger partial charge >= 0.3 is 5.97 Å². The fourth-order valence-electron chi connectivity index (χ4n) is 3.19. The molecule has 0 unspecified atom stereocenters. The second-order valence-corrected chi connectivity index (χ2v) is 6.85. The number of hydrogen-bond acceptors (Lipinski definition) is 4. The van der Waals surface area contributed by atoms with Crippen molar-refractivity contribution in [2.24, 2.45) is 7.05 Å². The van der Waals surface area contributed by atoms with E-state index in [0.717, 1.165) is 27.6 Å². The van der Waals surface area contributed by atoms with E-state index in [-0.39, 0.29) is 31.4 Å². The lowest BCUT2D eigenvalue weighted by atomic mass is 9.98. The molecule has 1 aromatic heterocycles. The van der Waals surface area contributed by atoms with Gasteiger partial charge in [0.15, 0.2) is 12.4 Å². The Morgan fingerprint density at radius 3 is 2.72 bits per heavy atom. The maximum atomic E-state index is 12.2. The zero-order valence-electron chi connectivity index (χ0n) is 16.9. The van der Waals surface area contributed by atoms with Gasteiger partial charge in [0.05, 0.1) is 20.1 Å². The van der Waals surface area contributed by atoms with Crippen molar-refractivity contribution in [3.63, 3.8) is 0 Å². The van der Waals surface area contributed by atoms with Gasteiger partial charge in [-0.1, -0.05) is 18.2 Å². The van der Waals surface area contributed by atoms with Crippen molar-refractivity contribution < 1.29 is 23.6 Å². The minimum absolute atomic E-state index is 0.132. The van der Waals surface area contributed by atoms with Crippen molar-refractivity contribution in [1.82, 2.24) is 5.32 Å². The number of benzene rings is 2. The quantitative estimate of drug-likeness (QED) is 0.380. The summed E-state index contributed by atoms with van der Waals surface area (Å²) in [6.45, 7) is 2.39. The molecule has 3 rings (SSSR count). The van der Waals surface area contributed by atoms with Crippen LogP contribution in [0.1, 0.15) is 21.5 Å². The van der Waals surface area contributed by atoms with E-state index in [2.05, 4.69) is 5.32 Å². The molecule has 3 aromatic rings. The zero-order valence-corrected chi connectivity index (χ0v) is 16.9. The normalized spacial score (nSPS) is 10.6. The Bertz CT molecular complexity index is 1050. The van der Waals surface area contributed by atoms with Crippen LogP contribution >= 0.6 is 0 Å². The molecule has 6 nitrogen and oxygen atoms in total. The Morgan fingerprint density at radius 1 is 1.14 bits per heavy atom. The summed E-state index contributed by atoms with van der Waals surface area (Å²) < 4.78 is 12.3. The smallest absolute Gasteiger partial charge is 0.310 e. The molecular formula is C23H25N2O4+. The molecule has 0 aliphatic rings. The minimum Gasteiger partial charge on any atom is -0.497 e. The number of pyridine rings is 1. The number of rotatable bonds is 7. The lowest BCUT2D eigenvalue weighted by Gasteiger charge is -2.11. The van der Waals surface area contributed by atoms with E-state index in [9.17, 15) is 9.59 Å². The molecule has 0 spiro atoms. The SMILES string of the molecule is COc1ccc2c(C)c(CC(=O)OCCNC(=O)c3ccc[n+](C)c3)ccc2c1. The molecule has 150 valence electrons. The van der Waals surface area contributed by atoms with Crippen LogP contribution in [0, 0.1) is 6.92 Å². The summed E-state index contributed by atoms with van der Waals surface area (Å²) in [6.07, 6.45) is 3.78. The number of carbonyl (C=O) groups excluding carboxylic acids is 2. The summed E-state index contributed by atoms with van der Waals surface area (Å²) in [6, 6.07) is 13.3. The molecule has 1 heterocycles. The molecule has 0 fully saturated rings. The van der Waals surface area contributed by atoms with Gasteiger partial charge in [0.25, 0.3) is 5.91 Å². The van der Waals surface area contributed by atoms with Crippen LogP contribution in [0.2, 0.25) is 0 Å². The van der Waals surface area contributed by atoms with Crippen molar-refractivity contribution >= 4 is 22.6 Å². The van der Waals surface area contributed by atoms with Gasteiger partial charge in [-0.25, -0.2) is 4.57 Å². The third-order valence-electron chi connectivity index (χ3n) is 4.80. The first-order valence-electron chi connectivity index (χ1n) is 9.43. The van der Waals surface area contributed by atoms with Crippen molar-refractivity contribution in [1.29, 1.82) is 0 Å². The Kier molecular flexibility index (Phi) is 6.44. The van der Waals surface area contributed by atoms with E-state index >= 15 is 0 Å². The van der Waals surface area contributed by atoms with Crippen LogP contribution < -0.4 is 14.6 Å². The molecule has 0 bridgehead atoms. The number of methoxy groups -OCH3 is 1. The van der Waals surface area contributed by atoms with Crippen molar-refractivity contribution in [2.75, 3.05) is 20.3 Å². The standard InChI is InChI=1S/C23H24N2O4/c1-16-17(6-7-18-13-20(28-3)8-9-21(16)18)14-22(26)29-12-10-24-23(27)19-5-4-11-25(2)15-19/h4-9,11,13,15H,10,12,14H2,1-3H3/p+1. The van der Waals surface area contributed by atoms with Crippen molar-refractivity contribution in [2.45, 2.75) is 13.3 Å². The van der Waals surface area contributed by atoms with E-state index in [1.165, 1.54) is 0 Å². The van der Waals surface area contributed by atoms with Gasteiger partial charge < -0.3 is 14.8 Å². The lowest BCUT2D eigenvalue weighted by Crippen LogP contribution is -2.32. The average molecular weight is 393 g/mol. The number of nitrogens with one attached hydrogen (secondary N) is 1. The first-order chi connectivity index (χ1) is 14.0. The number of aryl methyl sites for hydroxylation is 2. The third kappa shape index (κ3) is 5.10. The fraction of sp³-hybridized carbons (Fsp3) is 0.261. The number of esters is 1. The molecule has 6 heteroatoms. The zero-order chi connectivity index (χ0) is 20.8. The number of ether oxygens (including phenoxy) is 2. The molecule has 0 saturated heterocycles. The highest BCUT2D eigenvalue weighted by Gasteiger charge is 2.12. The molecule has 0 aliphatic heterocycles. The molecule has 2 aromatic carbocycles. The van der Waals surface area contributed by atoms with Crippen LogP contribution in [0.15, 0.2) is 54.9 Å². The molecular weight excluding hydrogens is 368 g/mol. The monoisotopic (exact) mass is 393 g/mol. The summed E-state index contributed by atoms with van der Waals surface area (Å²) >= 11 is 0. The Labute approximate surface area is 170 Å². The van der Waals surface area contributed by atoms with Crippen LogP contribution in [0.3, 0.4) is 0 Å². The Morgan fingerprint density at radius 2 is 1.97 bits per heavy atom. The third-order valence-corrected chi connectivity index (χ3v) is 4.80. The van der Waals surface area contributed by atoms with E-state index in [0.29, 0.717) is 5.56 Å². The topological polar surface area (TPSA) is 68.5 Å². The Balaban J connectivity index is 1.52. The second kappa shape index (κ2) is 9.19. The van der Waals surface area contributed by atoms with E-state index in [1.54, 1.807) is 30.0 Å². The summed E-state index contributed by atoms with van der Waals surface area (Å²) in [5.74, 6) is 0.287. The van der Waals surface area contributed by atoms with Gasteiger partial charge in [-0.2, -0.15) is 0 Å². The minimum atomic E-state index is -0.318. The van der Waals surface area contributed by atoms with Gasteiger partial charge in [-0.3, -0.25) is 9.59 Å². The number of fused-ring (bicyclic) bond motifs is 1. The maximum absolute atomic E-state index is 12.2. The number of aromatic nitrogens is 1. The molecule has 0 aliphatic carbocycles. The van der Waals surface area contributed by atoms with Crippen LogP contribution in [-0.4, -0.2) is 32.1 Å². The number of amides is 1. The first kappa shape index (κ1) is 20.3. The van der Waals surface area contributed by atoms with Gasteiger partial charge in [-0.05, 0) is 47.0 Å². The van der Waals surface area contributed by atoms with Crippen molar-refractivity contribution in [3.05, 3.63) is 71.5 Å². The van der Waals surface area contributed by atoms with Gasteiger partial charge in [0.2, 0.25) is 0 Å². The van der Waals surface area contributed by atoms with Crippen LogP contribution in [-0.2, 0) is 23.0 Å². The fourth-order valence-corrected chi connectivity index (χ4v) is 3.19. The first-order valence-corrected chi connectivity index (χ1v) is 9.43.